The van der Waals surface area contributed by atoms with Crippen LogP contribution in [0.2, 0.25) is 5.54 Å². The summed E-state index contributed by atoms with van der Waals surface area (Å²) in [6.45, 7) is 6.51. The van der Waals surface area contributed by atoms with Gasteiger partial charge in [-0.15, -0.1) is 22.2 Å². The van der Waals surface area contributed by atoms with Gasteiger partial charge in [-0.1, -0.05) is 26.0 Å². The van der Waals surface area contributed by atoms with E-state index >= 15 is 0 Å². The highest BCUT2D eigenvalue weighted by Crippen LogP contribution is 2.56. The van der Waals surface area contributed by atoms with Gasteiger partial charge < -0.3 is 4.74 Å². The first-order valence-electron chi connectivity index (χ1n) is 5.48. The maximum Gasteiger partial charge on any atom is 0.284 e. The van der Waals surface area contributed by atoms with Gasteiger partial charge in [-0.2, -0.15) is 0 Å². The van der Waals surface area contributed by atoms with E-state index in [1.54, 1.807) is 13.4 Å². The second kappa shape index (κ2) is 4.75. The molecule has 0 bridgehead atoms. The summed E-state index contributed by atoms with van der Waals surface area (Å²) in [5, 5.41) is 1.18. The van der Waals surface area contributed by atoms with Crippen LogP contribution in [-0.2, 0) is 4.74 Å². The SMILES string of the molecule is COC=CC1=C(C)[Si](Cl)(Cl)C1CC(C)(C)C. The molecule has 1 aliphatic rings. The molecule has 0 aliphatic carbocycles. The first-order chi connectivity index (χ1) is 7.20. The molecular weight excluding hydrogens is 259 g/mol. The average Bonchev–Trinajstić information content (AvgIpc) is 2.15. The van der Waals surface area contributed by atoms with E-state index in [4.69, 9.17) is 26.9 Å². The van der Waals surface area contributed by atoms with Crippen molar-refractivity contribution >= 4 is 28.9 Å². The lowest BCUT2D eigenvalue weighted by Gasteiger charge is -2.43. The number of methoxy groups -OCH3 is 1. The molecule has 0 saturated carbocycles. The van der Waals surface area contributed by atoms with E-state index in [0.717, 1.165) is 6.42 Å². The van der Waals surface area contributed by atoms with Crippen LogP contribution in [0.15, 0.2) is 23.1 Å². The Morgan fingerprint density at radius 1 is 1.38 bits per heavy atom. The maximum atomic E-state index is 6.47. The van der Waals surface area contributed by atoms with Crippen molar-refractivity contribution in [1.82, 2.24) is 0 Å². The van der Waals surface area contributed by atoms with E-state index in [2.05, 4.69) is 20.8 Å². The topological polar surface area (TPSA) is 9.23 Å². The standard InChI is InChI=1S/C12H20Cl2OSi/c1-9-10(6-7-15-5)11(16(9,13)14)8-12(2,3)4/h6-7,11H,8H2,1-5H3. The van der Waals surface area contributed by atoms with Gasteiger partial charge in [0.25, 0.3) is 6.69 Å². The first-order valence-corrected chi connectivity index (χ1v) is 9.58. The van der Waals surface area contributed by atoms with Crippen molar-refractivity contribution < 1.29 is 4.74 Å². The van der Waals surface area contributed by atoms with Crippen LogP contribution in [0.3, 0.4) is 0 Å². The minimum Gasteiger partial charge on any atom is -0.504 e. The Balaban J connectivity index is 2.89. The van der Waals surface area contributed by atoms with Crippen molar-refractivity contribution in [3.05, 3.63) is 23.1 Å². The van der Waals surface area contributed by atoms with E-state index < -0.39 is 6.69 Å². The van der Waals surface area contributed by atoms with Gasteiger partial charge in [0.15, 0.2) is 0 Å². The third-order valence-electron chi connectivity index (χ3n) is 2.95. The van der Waals surface area contributed by atoms with Crippen molar-refractivity contribution in [3.63, 3.8) is 0 Å². The third kappa shape index (κ3) is 2.85. The van der Waals surface area contributed by atoms with Gasteiger partial charge in [0.05, 0.1) is 13.4 Å². The molecule has 1 nitrogen and oxygen atoms in total. The Hall–Kier alpha value is 0.0769. The van der Waals surface area contributed by atoms with Gasteiger partial charge in [-0.25, -0.2) is 0 Å². The van der Waals surface area contributed by atoms with E-state index in [1.165, 1.54) is 10.8 Å². The Kier molecular flexibility index (Phi) is 4.20. The maximum absolute atomic E-state index is 6.47. The summed E-state index contributed by atoms with van der Waals surface area (Å²) < 4.78 is 4.96. The number of ether oxygens (including phenoxy) is 1. The van der Waals surface area contributed by atoms with Crippen LogP contribution < -0.4 is 0 Å². The lowest BCUT2D eigenvalue weighted by Crippen LogP contribution is -2.42. The van der Waals surface area contributed by atoms with Gasteiger partial charge in [-0.05, 0) is 30.4 Å². The summed E-state index contributed by atoms with van der Waals surface area (Å²) in [5.74, 6) is 0. The molecule has 0 spiro atoms. The predicted molar refractivity (Wildman–Crippen MR) is 74.1 cm³/mol. The molecule has 1 rings (SSSR count). The summed E-state index contributed by atoms with van der Waals surface area (Å²) in [5.41, 5.74) is 1.86. The molecule has 0 saturated heterocycles. The molecule has 0 aromatic carbocycles. The summed E-state index contributed by atoms with van der Waals surface area (Å²) in [4.78, 5) is 0. The molecule has 0 fully saturated rings. The smallest absolute Gasteiger partial charge is 0.284 e. The van der Waals surface area contributed by atoms with Crippen molar-refractivity contribution in [3.8, 4) is 0 Å². The zero-order chi connectivity index (χ0) is 12.6. The Labute approximate surface area is 109 Å². The predicted octanol–water partition coefficient (Wildman–Crippen LogP) is 4.74. The van der Waals surface area contributed by atoms with Gasteiger partial charge in [0.2, 0.25) is 0 Å². The molecule has 1 atom stereocenters. The molecular formula is C12H20Cl2OSi. The molecule has 0 N–H and O–H groups in total. The van der Waals surface area contributed by atoms with E-state index in [0.29, 0.717) is 5.54 Å². The summed E-state index contributed by atoms with van der Waals surface area (Å²) in [7, 11) is 1.65. The Bertz CT molecular complexity index is 326. The highest BCUT2D eigenvalue weighted by Gasteiger charge is 2.52. The molecule has 1 heterocycles. The zero-order valence-corrected chi connectivity index (χ0v) is 13.1. The minimum absolute atomic E-state index is 0.250. The van der Waals surface area contributed by atoms with Gasteiger partial charge in [0, 0.05) is 5.54 Å². The van der Waals surface area contributed by atoms with Crippen LogP contribution >= 0.6 is 22.2 Å². The number of hydrogen-bond acceptors (Lipinski definition) is 1. The van der Waals surface area contributed by atoms with E-state index in [-0.39, 0.29) is 5.41 Å². The molecule has 92 valence electrons. The molecule has 4 heteroatoms. The van der Waals surface area contributed by atoms with Crippen LogP contribution in [0.4, 0.5) is 0 Å². The van der Waals surface area contributed by atoms with Crippen molar-refractivity contribution in [2.45, 2.75) is 39.7 Å². The molecule has 0 radical (unpaired) electrons. The third-order valence-corrected chi connectivity index (χ3v) is 8.91. The van der Waals surface area contributed by atoms with E-state index in [9.17, 15) is 0 Å². The summed E-state index contributed by atoms with van der Waals surface area (Å²) in [6.07, 6.45) is 4.74. The normalized spacial score (nSPS) is 24.8. The number of hydrogen-bond donors (Lipinski definition) is 0. The highest BCUT2D eigenvalue weighted by atomic mass is 35.7. The summed E-state index contributed by atoms with van der Waals surface area (Å²) in [6, 6.07) is 0. The van der Waals surface area contributed by atoms with Crippen molar-refractivity contribution in [2.24, 2.45) is 5.41 Å². The fraction of sp³-hybridized carbons (Fsp3) is 0.667. The molecule has 1 aliphatic heterocycles. The monoisotopic (exact) mass is 278 g/mol. The van der Waals surface area contributed by atoms with Crippen molar-refractivity contribution in [1.29, 1.82) is 0 Å². The van der Waals surface area contributed by atoms with E-state index in [1.807, 2.05) is 13.0 Å². The van der Waals surface area contributed by atoms with Crippen LogP contribution in [-0.4, -0.2) is 13.8 Å². The second-order valence-corrected chi connectivity index (χ2v) is 12.4. The van der Waals surface area contributed by atoms with Gasteiger partial charge in [0.1, 0.15) is 0 Å². The van der Waals surface area contributed by atoms with Gasteiger partial charge >= 0.3 is 0 Å². The molecule has 0 aromatic heterocycles. The quantitative estimate of drug-likeness (QED) is 0.412. The van der Waals surface area contributed by atoms with Crippen molar-refractivity contribution in [2.75, 3.05) is 7.11 Å². The Morgan fingerprint density at radius 2 is 1.94 bits per heavy atom. The average molecular weight is 279 g/mol. The van der Waals surface area contributed by atoms with Crippen LogP contribution in [0.1, 0.15) is 34.1 Å². The van der Waals surface area contributed by atoms with Crippen LogP contribution in [0, 0.1) is 5.41 Å². The fourth-order valence-electron chi connectivity index (χ4n) is 2.07. The second-order valence-electron chi connectivity index (χ2n) is 5.56. The molecule has 16 heavy (non-hydrogen) atoms. The van der Waals surface area contributed by atoms with Crippen LogP contribution in [0.25, 0.3) is 0 Å². The van der Waals surface area contributed by atoms with Gasteiger partial charge in [-0.3, -0.25) is 0 Å². The highest BCUT2D eigenvalue weighted by molar-refractivity contribution is 7.50. The number of rotatable bonds is 3. The lowest BCUT2D eigenvalue weighted by atomic mass is 9.87. The number of allylic oxidation sites excluding steroid dienone is 3. The summed E-state index contributed by atoms with van der Waals surface area (Å²) >= 11 is 12.9. The fourth-order valence-corrected chi connectivity index (χ4v) is 6.40. The van der Waals surface area contributed by atoms with Crippen LogP contribution in [0.5, 0.6) is 0 Å². The minimum atomic E-state index is -2.19. The number of halogens is 2. The zero-order valence-electron chi connectivity index (χ0n) is 10.6. The Morgan fingerprint density at radius 3 is 2.38 bits per heavy atom. The molecule has 0 amide bonds. The largest absolute Gasteiger partial charge is 0.504 e. The molecule has 1 unspecified atom stereocenters. The molecule has 0 aromatic rings. The first kappa shape index (κ1) is 14.1. The lowest BCUT2D eigenvalue weighted by molar-refractivity contribution is 0.336.